The number of nitrogens with two attached hydrogens (primary N) is 1. The van der Waals surface area contributed by atoms with Crippen molar-refractivity contribution in [2.75, 3.05) is 32.8 Å². The largest absolute Gasteiger partial charge is 0.494 e. The van der Waals surface area contributed by atoms with Crippen molar-refractivity contribution in [3.05, 3.63) is 24.3 Å². The predicted octanol–water partition coefficient (Wildman–Crippen LogP) is 1.86. The number of hydrogen-bond acceptors (Lipinski definition) is 5. The third-order valence-electron chi connectivity index (χ3n) is 5.43. The molecule has 0 aromatic heterocycles. The number of hydrogen-bond donors (Lipinski definition) is 1. The highest BCUT2D eigenvalue weighted by Gasteiger charge is 2.34. The van der Waals surface area contributed by atoms with E-state index in [0.29, 0.717) is 51.4 Å². The number of halogens is 1. The summed E-state index contributed by atoms with van der Waals surface area (Å²) < 4.78 is 32.5. The molecule has 0 aliphatic carbocycles. The maximum Gasteiger partial charge on any atom is 0.243 e. The van der Waals surface area contributed by atoms with Gasteiger partial charge in [0.2, 0.25) is 15.9 Å². The van der Waals surface area contributed by atoms with E-state index in [1.54, 1.807) is 24.3 Å². The summed E-state index contributed by atoms with van der Waals surface area (Å²) in [6.45, 7) is 4.60. The molecule has 2 N–H and O–H groups in total. The molecule has 28 heavy (non-hydrogen) atoms. The summed E-state index contributed by atoms with van der Waals surface area (Å²) in [6.07, 6.45) is 2.82. The molecule has 3 rings (SSSR count). The van der Waals surface area contributed by atoms with Crippen LogP contribution in [0.4, 0.5) is 0 Å². The van der Waals surface area contributed by atoms with E-state index in [-0.39, 0.29) is 35.2 Å². The van der Waals surface area contributed by atoms with Gasteiger partial charge in [0.05, 0.1) is 11.5 Å². The second kappa shape index (κ2) is 9.91. The lowest BCUT2D eigenvalue weighted by atomic mass is 9.95. The number of carbonyl (C=O) groups is 1. The van der Waals surface area contributed by atoms with Crippen LogP contribution >= 0.6 is 12.4 Å². The summed E-state index contributed by atoms with van der Waals surface area (Å²) in [5, 5.41) is 0. The summed E-state index contributed by atoms with van der Waals surface area (Å²) in [7, 11) is -3.54. The molecule has 2 heterocycles. The summed E-state index contributed by atoms with van der Waals surface area (Å²) in [4.78, 5) is 14.8. The number of ether oxygens (including phenoxy) is 1. The zero-order valence-electron chi connectivity index (χ0n) is 16.2. The molecule has 0 atom stereocenters. The van der Waals surface area contributed by atoms with Crippen molar-refractivity contribution in [1.82, 2.24) is 9.21 Å². The minimum atomic E-state index is -3.54. The number of amides is 1. The van der Waals surface area contributed by atoms with Gasteiger partial charge in [0.15, 0.2) is 0 Å². The first-order valence-corrected chi connectivity index (χ1v) is 11.1. The highest BCUT2D eigenvalue weighted by atomic mass is 35.5. The Morgan fingerprint density at radius 1 is 1.07 bits per heavy atom. The van der Waals surface area contributed by atoms with Crippen LogP contribution in [0.5, 0.6) is 5.75 Å². The van der Waals surface area contributed by atoms with E-state index in [1.807, 2.05) is 11.8 Å². The Hall–Kier alpha value is -1.35. The lowest BCUT2D eigenvalue weighted by Crippen LogP contribution is -2.48. The van der Waals surface area contributed by atoms with Gasteiger partial charge in [-0.2, -0.15) is 4.31 Å². The van der Waals surface area contributed by atoms with Crippen molar-refractivity contribution >= 4 is 28.3 Å². The standard InChI is InChI=1S/C19H29N3O4S.ClH/c1-2-26-17-3-5-18(6-4-17)27(24,25)22-13-7-15(8-14-22)19(23)21-11-9-16(20)10-12-21;/h3-6,15-16H,2,7-14,20H2,1H3;1H. The van der Waals surface area contributed by atoms with Crippen LogP contribution < -0.4 is 10.5 Å². The Labute approximate surface area is 173 Å². The molecular weight excluding hydrogens is 402 g/mol. The van der Waals surface area contributed by atoms with E-state index in [1.165, 1.54) is 4.31 Å². The van der Waals surface area contributed by atoms with Crippen LogP contribution in [0.2, 0.25) is 0 Å². The quantitative estimate of drug-likeness (QED) is 0.768. The van der Waals surface area contributed by atoms with Crippen molar-refractivity contribution in [3.63, 3.8) is 0 Å². The molecule has 2 fully saturated rings. The number of benzene rings is 1. The minimum absolute atomic E-state index is 0. The van der Waals surface area contributed by atoms with Gasteiger partial charge in [0.25, 0.3) is 0 Å². The Morgan fingerprint density at radius 3 is 2.18 bits per heavy atom. The van der Waals surface area contributed by atoms with Crippen LogP contribution in [0, 0.1) is 5.92 Å². The average molecular weight is 432 g/mol. The number of carbonyl (C=O) groups excluding carboxylic acids is 1. The van der Waals surface area contributed by atoms with Gasteiger partial charge in [-0.3, -0.25) is 4.79 Å². The van der Waals surface area contributed by atoms with Gasteiger partial charge >= 0.3 is 0 Å². The van der Waals surface area contributed by atoms with Crippen molar-refractivity contribution in [3.8, 4) is 5.75 Å². The van der Waals surface area contributed by atoms with Crippen LogP contribution in [0.25, 0.3) is 0 Å². The summed E-state index contributed by atoms with van der Waals surface area (Å²) >= 11 is 0. The van der Waals surface area contributed by atoms with Gasteiger partial charge in [-0.05, 0) is 56.9 Å². The van der Waals surface area contributed by atoms with E-state index in [2.05, 4.69) is 0 Å². The lowest BCUT2D eigenvalue weighted by Gasteiger charge is -2.36. The van der Waals surface area contributed by atoms with Gasteiger partial charge in [0, 0.05) is 38.1 Å². The molecule has 1 aromatic rings. The Bertz CT molecular complexity index is 741. The lowest BCUT2D eigenvalue weighted by molar-refractivity contribution is -0.137. The van der Waals surface area contributed by atoms with Crippen LogP contribution in [0.1, 0.15) is 32.6 Å². The smallest absolute Gasteiger partial charge is 0.243 e. The van der Waals surface area contributed by atoms with Crippen LogP contribution in [0.15, 0.2) is 29.2 Å². The first-order chi connectivity index (χ1) is 12.9. The number of sulfonamides is 1. The zero-order valence-corrected chi connectivity index (χ0v) is 17.9. The normalized spacial score (nSPS) is 19.9. The molecule has 0 bridgehead atoms. The molecule has 9 heteroatoms. The summed E-state index contributed by atoms with van der Waals surface area (Å²) in [5.41, 5.74) is 5.90. The third kappa shape index (κ3) is 5.17. The number of rotatable bonds is 5. The molecule has 1 aromatic carbocycles. The number of nitrogens with zero attached hydrogens (tertiary/aromatic N) is 2. The van der Waals surface area contributed by atoms with Crippen molar-refractivity contribution < 1.29 is 17.9 Å². The zero-order chi connectivity index (χ0) is 19.4. The van der Waals surface area contributed by atoms with Crippen molar-refractivity contribution in [2.24, 2.45) is 11.7 Å². The van der Waals surface area contributed by atoms with Gasteiger partial charge in [-0.25, -0.2) is 8.42 Å². The van der Waals surface area contributed by atoms with E-state index >= 15 is 0 Å². The van der Waals surface area contributed by atoms with Gasteiger partial charge in [-0.15, -0.1) is 12.4 Å². The number of likely N-dealkylation sites (tertiary alicyclic amines) is 1. The Morgan fingerprint density at radius 2 is 1.64 bits per heavy atom. The van der Waals surface area contributed by atoms with Crippen molar-refractivity contribution in [2.45, 2.75) is 43.5 Å². The summed E-state index contributed by atoms with van der Waals surface area (Å²) in [5.74, 6) is 0.716. The molecule has 1 amide bonds. The molecule has 0 radical (unpaired) electrons. The van der Waals surface area contributed by atoms with E-state index < -0.39 is 10.0 Å². The Kier molecular flexibility index (Phi) is 8.12. The fourth-order valence-electron chi connectivity index (χ4n) is 3.74. The maximum atomic E-state index is 12.8. The SMILES string of the molecule is CCOc1ccc(S(=O)(=O)N2CCC(C(=O)N3CCC(N)CC3)CC2)cc1.Cl. The molecule has 158 valence electrons. The average Bonchev–Trinajstić information content (AvgIpc) is 2.69. The molecular formula is C19H30ClN3O4S. The molecule has 0 saturated carbocycles. The number of piperidine rings is 2. The molecule has 2 saturated heterocycles. The maximum absolute atomic E-state index is 12.8. The third-order valence-corrected chi connectivity index (χ3v) is 7.34. The van der Waals surface area contributed by atoms with Crippen LogP contribution in [0.3, 0.4) is 0 Å². The second-order valence-corrected chi connectivity index (χ2v) is 9.18. The molecule has 2 aliphatic rings. The second-order valence-electron chi connectivity index (χ2n) is 7.25. The minimum Gasteiger partial charge on any atom is -0.494 e. The predicted molar refractivity (Wildman–Crippen MR) is 110 cm³/mol. The monoisotopic (exact) mass is 431 g/mol. The fraction of sp³-hybridized carbons (Fsp3) is 0.632. The van der Waals surface area contributed by atoms with Crippen LogP contribution in [-0.4, -0.2) is 62.4 Å². The van der Waals surface area contributed by atoms with Gasteiger partial charge in [0.1, 0.15) is 5.75 Å². The van der Waals surface area contributed by atoms with E-state index in [9.17, 15) is 13.2 Å². The first-order valence-electron chi connectivity index (χ1n) is 9.69. The highest BCUT2D eigenvalue weighted by Crippen LogP contribution is 2.27. The molecule has 0 unspecified atom stereocenters. The van der Waals surface area contributed by atoms with E-state index in [0.717, 1.165) is 12.8 Å². The highest BCUT2D eigenvalue weighted by molar-refractivity contribution is 7.89. The molecule has 2 aliphatic heterocycles. The van der Waals surface area contributed by atoms with Gasteiger partial charge in [-0.1, -0.05) is 0 Å². The topological polar surface area (TPSA) is 92.9 Å². The molecule has 0 spiro atoms. The van der Waals surface area contributed by atoms with E-state index in [4.69, 9.17) is 10.5 Å². The van der Waals surface area contributed by atoms with Crippen molar-refractivity contribution in [1.29, 1.82) is 0 Å². The summed E-state index contributed by atoms with van der Waals surface area (Å²) in [6, 6.07) is 6.69. The fourth-order valence-corrected chi connectivity index (χ4v) is 5.21. The molecule has 7 nitrogen and oxygen atoms in total. The van der Waals surface area contributed by atoms with Crippen LogP contribution in [-0.2, 0) is 14.8 Å². The Balaban J connectivity index is 0.00000280. The van der Waals surface area contributed by atoms with Gasteiger partial charge < -0.3 is 15.4 Å². The first kappa shape index (κ1) is 22.9.